The second kappa shape index (κ2) is 6.63. The van der Waals surface area contributed by atoms with Crippen molar-refractivity contribution < 1.29 is 18.1 Å². The smallest absolute Gasteiger partial charge is 0.293 e. The third kappa shape index (κ3) is 3.66. The lowest BCUT2D eigenvalue weighted by atomic mass is 10.1. The fourth-order valence-electron chi connectivity index (χ4n) is 3.04. The van der Waals surface area contributed by atoms with E-state index >= 15 is 0 Å². The van der Waals surface area contributed by atoms with Gasteiger partial charge in [0.2, 0.25) is 10.0 Å². The molecule has 1 aromatic rings. The van der Waals surface area contributed by atoms with Gasteiger partial charge in [-0.3, -0.25) is 15.0 Å². The average molecular weight is 356 g/mol. The molecule has 2 fully saturated rings. The fourth-order valence-corrected chi connectivity index (χ4v) is 3.57. The second-order valence-electron chi connectivity index (χ2n) is 6.20. The number of hydrogen-bond donors (Lipinski definition) is 2. The Labute approximate surface area is 140 Å². The van der Waals surface area contributed by atoms with Crippen LogP contribution in [0.15, 0.2) is 23.1 Å². The summed E-state index contributed by atoms with van der Waals surface area (Å²) in [6.45, 7) is 4.10. The van der Waals surface area contributed by atoms with Gasteiger partial charge in [-0.05, 0) is 31.0 Å². The Bertz CT molecular complexity index is 735. The van der Waals surface area contributed by atoms with Crippen LogP contribution in [0.4, 0.5) is 11.4 Å². The Morgan fingerprint density at radius 2 is 2.17 bits per heavy atom. The van der Waals surface area contributed by atoms with Crippen LogP contribution in [-0.4, -0.2) is 57.1 Å². The highest BCUT2D eigenvalue weighted by atomic mass is 32.2. The van der Waals surface area contributed by atoms with Crippen LogP contribution in [0.1, 0.15) is 6.42 Å². The normalized spacial score (nSPS) is 22.3. The zero-order valence-electron chi connectivity index (χ0n) is 13.1. The molecule has 132 valence electrons. The molecule has 24 heavy (non-hydrogen) atoms. The van der Waals surface area contributed by atoms with Crippen LogP contribution in [0, 0.1) is 16.0 Å². The standard InChI is InChI=1S/C14H20N4O5S/c15-24(21,22)12-1-2-13(14(5-12)18(19)20)16-6-10-3-4-17(7-10)11-8-23-9-11/h1-2,5,10-11,16H,3-4,6-9H2,(H2,15,21,22)/t10-/m1/s1. The number of nitrogens with one attached hydrogen (secondary N) is 1. The number of benzene rings is 1. The summed E-state index contributed by atoms with van der Waals surface area (Å²) in [5, 5.41) is 19.3. The number of sulfonamides is 1. The van der Waals surface area contributed by atoms with Gasteiger partial charge in [-0.15, -0.1) is 0 Å². The van der Waals surface area contributed by atoms with Crippen molar-refractivity contribution in [1.29, 1.82) is 0 Å². The molecule has 2 aliphatic heterocycles. The van der Waals surface area contributed by atoms with Gasteiger partial charge in [0.25, 0.3) is 5.69 Å². The molecular weight excluding hydrogens is 336 g/mol. The van der Waals surface area contributed by atoms with E-state index < -0.39 is 14.9 Å². The number of nitrogens with two attached hydrogens (primary N) is 1. The summed E-state index contributed by atoms with van der Waals surface area (Å²) in [5.41, 5.74) is 0.0154. The van der Waals surface area contributed by atoms with Crippen molar-refractivity contribution in [1.82, 2.24) is 4.90 Å². The van der Waals surface area contributed by atoms with Gasteiger partial charge in [0.15, 0.2) is 0 Å². The molecule has 0 spiro atoms. The van der Waals surface area contributed by atoms with Crippen molar-refractivity contribution in [3.8, 4) is 0 Å². The van der Waals surface area contributed by atoms with E-state index in [0.29, 0.717) is 24.2 Å². The lowest BCUT2D eigenvalue weighted by Gasteiger charge is -2.34. The molecule has 0 aliphatic carbocycles. The zero-order valence-corrected chi connectivity index (χ0v) is 13.9. The van der Waals surface area contributed by atoms with Crippen molar-refractivity contribution in [2.45, 2.75) is 17.4 Å². The van der Waals surface area contributed by atoms with E-state index in [0.717, 1.165) is 38.8 Å². The predicted molar refractivity (Wildman–Crippen MR) is 87.2 cm³/mol. The summed E-state index contributed by atoms with van der Waals surface area (Å²) in [4.78, 5) is 12.7. The van der Waals surface area contributed by atoms with Crippen LogP contribution in [0.25, 0.3) is 0 Å². The molecule has 0 aromatic heterocycles. The molecule has 0 radical (unpaired) electrons. The molecule has 2 aliphatic rings. The molecule has 1 atom stereocenters. The lowest BCUT2D eigenvalue weighted by Crippen LogP contribution is -2.48. The summed E-state index contributed by atoms with van der Waals surface area (Å²) in [5.74, 6) is 0.392. The van der Waals surface area contributed by atoms with Crippen LogP contribution < -0.4 is 10.5 Å². The van der Waals surface area contributed by atoms with Crippen LogP contribution in [-0.2, 0) is 14.8 Å². The molecule has 3 rings (SSSR count). The third-order valence-electron chi connectivity index (χ3n) is 4.53. The van der Waals surface area contributed by atoms with Crippen molar-refractivity contribution in [3.05, 3.63) is 28.3 Å². The van der Waals surface area contributed by atoms with Crippen LogP contribution in [0.5, 0.6) is 0 Å². The zero-order chi connectivity index (χ0) is 17.3. The molecule has 1 aromatic carbocycles. The quantitative estimate of drug-likeness (QED) is 0.557. The second-order valence-corrected chi connectivity index (χ2v) is 7.76. The van der Waals surface area contributed by atoms with E-state index in [1.54, 1.807) is 0 Å². The van der Waals surface area contributed by atoms with Crippen LogP contribution in [0.2, 0.25) is 0 Å². The first kappa shape index (κ1) is 17.1. The molecule has 2 saturated heterocycles. The number of nitro groups is 1. The van der Waals surface area contributed by atoms with E-state index in [4.69, 9.17) is 9.88 Å². The van der Waals surface area contributed by atoms with Crippen molar-refractivity contribution in [3.63, 3.8) is 0 Å². The third-order valence-corrected chi connectivity index (χ3v) is 5.44. The number of anilines is 1. The van der Waals surface area contributed by atoms with Crippen LogP contribution >= 0.6 is 0 Å². The first-order valence-electron chi connectivity index (χ1n) is 7.71. The van der Waals surface area contributed by atoms with Gasteiger partial charge in [0, 0.05) is 19.2 Å². The number of ether oxygens (including phenoxy) is 1. The summed E-state index contributed by atoms with van der Waals surface area (Å²) in [6.07, 6.45) is 1.02. The maximum absolute atomic E-state index is 11.3. The Hall–Kier alpha value is -1.75. The Morgan fingerprint density at radius 1 is 1.42 bits per heavy atom. The molecule has 0 amide bonds. The first-order chi connectivity index (χ1) is 11.3. The average Bonchev–Trinajstić information content (AvgIpc) is 2.90. The highest BCUT2D eigenvalue weighted by molar-refractivity contribution is 7.89. The highest BCUT2D eigenvalue weighted by Gasteiger charge is 2.32. The minimum absolute atomic E-state index is 0.267. The number of rotatable bonds is 6. The summed E-state index contributed by atoms with van der Waals surface area (Å²) < 4.78 is 27.9. The molecule has 0 saturated carbocycles. The number of nitro benzene ring substituents is 1. The van der Waals surface area contributed by atoms with Gasteiger partial charge < -0.3 is 10.1 Å². The topological polar surface area (TPSA) is 128 Å². The summed E-state index contributed by atoms with van der Waals surface area (Å²) >= 11 is 0. The lowest BCUT2D eigenvalue weighted by molar-refractivity contribution is -0.384. The van der Waals surface area contributed by atoms with Gasteiger partial charge in [-0.25, -0.2) is 13.6 Å². The SMILES string of the molecule is NS(=O)(=O)c1ccc(NC[C@H]2CCN(C3COC3)C2)c([N+](=O)[O-])c1. The van der Waals surface area contributed by atoms with Gasteiger partial charge in [0.05, 0.1) is 29.1 Å². The largest absolute Gasteiger partial charge is 0.379 e. The van der Waals surface area contributed by atoms with E-state index in [9.17, 15) is 18.5 Å². The Balaban J connectivity index is 1.65. The molecule has 2 heterocycles. The van der Waals surface area contributed by atoms with Gasteiger partial charge in [-0.2, -0.15) is 0 Å². The molecule has 0 unspecified atom stereocenters. The van der Waals surface area contributed by atoms with Crippen molar-refractivity contribution in [2.75, 3.05) is 38.2 Å². The predicted octanol–water partition coefficient (Wildman–Crippen LogP) is 0.375. The van der Waals surface area contributed by atoms with Gasteiger partial charge in [0.1, 0.15) is 5.69 Å². The number of hydrogen-bond acceptors (Lipinski definition) is 7. The van der Waals surface area contributed by atoms with E-state index in [1.165, 1.54) is 12.1 Å². The van der Waals surface area contributed by atoms with Crippen molar-refractivity contribution >= 4 is 21.4 Å². The van der Waals surface area contributed by atoms with Crippen LogP contribution in [0.3, 0.4) is 0 Å². The number of primary sulfonamides is 1. The highest BCUT2D eigenvalue weighted by Crippen LogP contribution is 2.28. The van der Waals surface area contributed by atoms with E-state index in [2.05, 4.69) is 10.2 Å². The summed E-state index contributed by atoms with van der Waals surface area (Å²) in [6, 6.07) is 4.16. The van der Waals surface area contributed by atoms with Gasteiger partial charge >= 0.3 is 0 Å². The molecule has 9 nitrogen and oxygen atoms in total. The molecule has 0 bridgehead atoms. The molecule has 3 N–H and O–H groups in total. The Kier molecular flexibility index (Phi) is 4.72. The Morgan fingerprint density at radius 3 is 2.75 bits per heavy atom. The molecular formula is C14H20N4O5S. The van der Waals surface area contributed by atoms with E-state index in [-0.39, 0.29) is 10.6 Å². The van der Waals surface area contributed by atoms with Gasteiger partial charge in [-0.1, -0.05) is 0 Å². The minimum atomic E-state index is -3.97. The number of likely N-dealkylation sites (tertiary alicyclic amines) is 1. The maximum Gasteiger partial charge on any atom is 0.293 e. The first-order valence-corrected chi connectivity index (χ1v) is 9.26. The monoisotopic (exact) mass is 356 g/mol. The minimum Gasteiger partial charge on any atom is -0.379 e. The maximum atomic E-state index is 11.3. The fraction of sp³-hybridized carbons (Fsp3) is 0.571. The number of nitrogens with zero attached hydrogens (tertiary/aromatic N) is 2. The van der Waals surface area contributed by atoms with E-state index in [1.807, 2.05) is 0 Å². The summed E-state index contributed by atoms with van der Waals surface area (Å²) in [7, 11) is -3.97. The van der Waals surface area contributed by atoms with Crippen molar-refractivity contribution in [2.24, 2.45) is 11.1 Å². The molecule has 10 heteroatoms.